The average Bonchev–Trinajstić information content (AvgIpc) is 2.97. The summed E-state index contributed by atoms with van der Waals surface area (Å²) in [5.74, 6) is 1.93. The molecular formula is C13H21N3O. The average molecular weight is 235 g/mol. The highest BCUT2D eigenvalue weighted by molar-refractivity contribution is 5.09. The number of aryl methyl sites for hydroxylation is 1. The second-order valence-electron chi connectivity index (χ2n) is 5.35. The molecule has 4 nitrogen and oxygen atoms in total. The molecule has 0 aromatic carbocycles. The highest BCUT2D eigenvalue weighted by atomic mass is 16.3. The first-order valence-electron chi connectivity index (χ1n) is 6.75. The van der Waals surface area contributed by atoms with E-state index in [2.05, 4.69) is 16.1 Å². The smallest absolute Gasteiger partial charge is 0.109 e. The molecule has 0 spiro atoms. The van der Waals surface area contributed by atoms with E-state index in [0.717, 1.165) is 44.7 Å². The lowest BCUT2D eigenvalue weighted by atomic mass is 10.0. The third-order valence-electron chi connectivity index (χ3n) is 4.06. The molecule has 4 heteroatoms. The third-order valence-corrected chi connectivity index (χ3v) is 4.06. The number of nitrogens with one attached hydrogen (secondary N) is 1. The van der Waals surface area contributed by atoms with Crippen molar-refractivity contribution in [1.29, 1.82) is 0 Å². The van der Waals surface area contributed by atoms with Gasteiger partial charge in [-0.2, -0.15) is 0 Å². The van der Waals surface area contributed by atoms with Crippen LogP contribution in [0.15, 0.2) is 6.20 Å². The maximum absolute atomic E-state index is 9.37. The Balaban J connectivity index is 1.75. The van der Waals surface area contributed by atoms with Gasteiger partial charge in [-0.15, -0.1) is 0 Å². The van der Waals surface area contributed by atoms with Gasteiger partial charge in [-0.05, 0) is 44.7 Å². The van der Waals surface area contributed by atoms with Gasteiger partial charge in [0.2, 0.25) is 0 Å². The van der Waals surface area contributed by atoms with Crippen molar-refractivity contribution in [2.45, 2.75) is 38.1 Å². The summed E-state index contributed by atoms with van der Waals surface area (Å²) >= 11 is 0. The molecule has 1 aromatic heterocycles. The number of aliphatic hydroxyl groups excluding tert-OH is 1. The monoisotopic (exact) mass is 235 g/mol. The van der Waals surface area contributed by atoms with Gasteiger partial charge in [0.05, 0.1) is 18.3 Å². The third kappa shape index (κ3) is 2.24. The molecule has 94 valence electrons. The van der Waals surface area contributed by atoms with E-state index >= 15 is 0 Å². The van der Waals surface area contributed by atoms with Crippen molar-refractivity contribution in [2.24, 2.45) is 5.92 Å². The van der Waals surface area contributed by atoms with Gasteiger partial charge in [0, 0.05) is 12.6 Å². The zero-order valence-corrected chi connectivity index (χ0v) is 10.2. The largest absolute Gasteiger partial charge is 0.394 e. The molecule has 0 saturated carbocycles. The summed E-state index contributed by atoms with van der Waals surface area (Å²) in [7, 11) is 0. The van der Waals surface area contributed by atoms with Crippen molar-refractivity contribution in [3.63, 3.8) is 0 Å². The van der Waals surface area contributed by atoms with Crippen LogP contribution in [0.1, 0.15) is 36.8 Å². The molecule has 1 saturated heterocycles. The Morgan fingerprint density at radius 3 is 3.18 bits per heavy atom. The van der Waals surface area contributed by atoms with E-state index in [1.165, 1.54) is 17.9 Å². The topological polar surface area (TPSA) is 50.1 Å². The van der Waals surface area contributed by atoms with Crippen LogP contribution in [-0.4, -0.2) is 34.4 Å². The molecule has 2 aliphatic rings. The first kappa shape index (κ1) is 11.2. The molecule has 2 unspecified atom stereocenters. The minimum Gasteiger partial charge on any atom is -0.394 e. The maximum atomic E-state index is 9.37. The number of imidazole rings is 1. The van der Waals surface area contributed by atoms with Crippen LogP contribution in [0.2, 0.25) is 0 Å². The molecule has 2 atom stereocenters. The molecule has 3 heterocycles. The quantitative estimate of drug-likeness (QED) is 0.818. The predicted octanol–water partition coefficient (Wildman–Crippen LogP) is 0.905. The number of hydrogen-bond donors (Lipinski definition) is 2. The molecule has 0 bridgehead atoms. The first-order chi connectivity index (χ1) is 8.36. The van der Waals surface area contributed by atoms with Crippen LogP contribution in [0.3, 0.4) is 0 Å². The Hall–Kier alpha value is -0.870. The predicted molar refractivity (Wildman–Crippen MR) is 66.0 cm³/mol. The van der Waals surface area contributed by atoms with E-state index < -0.39 is 0 Å². The summed E-state index contributed by atoms with van der Waals surface area (Å²) in [5.41, 5.74) is 1.22. The second-order valence-corrected chi connectivity index (χ2v) is 5.35. The Morgan fingerprint density at radius 2 is 2.41 bits per heavy atom. The van der Waals surface area contributed by atoms with Crippen molar-refractivity contribution in [1.82, 2.24) is 14.9 Å². The van der Waals surface area contributed by atoms with E-state index in [4.69, 9.17) is 4.98 Å². The molecule has 0 amide bonds. The Morgan fingerprint density at radius 1 is 1.47 bits per heavy atom. The van der Waals surface area contributed by atoms with Crippen LogP contribution in [0.4, 0.5) is 0 Å². The summed E-state index contributed by atoms with van der Waals surface area (Å²) in [6.45, 7) is 2.52. The summed E-state index contributed by atoms with van der Waals surface area (Å²) in [4.78, 5) is 4.74. The van der Waals surface area contributed by atoms with Crippen molar-refractivity contribution in [2.75, 3.05) is 19.7 Å². The molecule has 1 aromatic rings. The lowest BCUT2D eigenvalue weighted by Gasteiger charge is -2.22. The fourth-order valence-corrected chi connectivity index (χ4v) is 3.09. The van der Waals surface area contributed by atoms with Gasteiger partial charge in [-0.25, -0.2) is 4.98 Å². The number of nitrogens with zero attached hydrogens (tertiary/aromatic N) is 2. The maximum Gasteiger partial charge on any atom is 0.109 e. The second kappa shape index (κ2) is 4.78. The van der Waals surface area contributed by atoms with E-state index in [1.807, 2.05) is 0 Å². The van der Waals surface area contributed by atoms with E-state index in [1.54, 1.807) is 0 Å². The Kier molecular flexibility index (Phi) is 3.16. The SMILES string of the molecule is OCC1CCCc2nc(CC3CCNC3)cn21. The van der Waals surface area contributed by atoms with Crippen LogP contribution >= 0.6 is 0 Å². The number of aromatic nitrogens is 2. The Bertz CT molecular complexity index is 382. The van der Waals surface area contributed by atoms with Crippen LogP contribution < -0.4 is 5.32 Å². The van der Waals surface area contributed by atoms with Crippen LogP contribution in [0, 0.1) is 5.92 Å². The van der Waals surface area contributed by atoms with Crippen LogP contribution in [0.5, 0.6) is 0 Å². The number of rotatable bonds is 3. The van der Waals surface area contributed by atoms with Crippen molar-refractivity contribution in [3.8, 4) is 0 Å². The van der Waals surface area contributed by atoms with E-state index in [-0.39, 0.29) is 12.6 Å². The molecule has 0 radical (unpaired) electrons. The Labute approximate surface area is 102 Å². The minimum absolute atomic E-state index is 0.244. The summed E-state index contributed by atoms with van der Waals surface area (Å²) < 4.78 is 2.21. The molecular weight excluding hydrogens is 214 g/mol. The van der Waals surface area contributed by atoms with Crippen LogP contribution in [-0.2, 0) is 12.8 Å². The van der Waals surface area contributed by atoms with E-state index in [0.29, 0.717) is 0 Å². The molecule has 1 fully saturated rings. The number of aliphatic hydroxyl groups is 1. The van der Waals surface area contributed by atoms with Gasteiger partial charge in [0.1, 0.15) is 5.82 Å². The summed E-state index contributed by atoms with van der Waals surface area (Å²) in [5, 5.41) is 12.8. The summed E-state index contributed by atoms with van der Waals surface area (Å²) in [6.07, 6.45) is 7.85. The van der Waals surface area contributed by atoms with Gasteiger partial charge in [0.25, 0.3) is 0 Å². The standard InChI is InChI=1S/C13H21N3O/c17-9-12-2-1-3-13-15-11(8-16(12)13)6-10-4-5-14-7-10/h8,10,12,14,17H,1-7,9H2. The van der Waals surface area contributed by atoms with Crippen molar-refractivity contribution < 1.29 is 5.11 Å². The fraction of sp³-hybridized carbons (Fsp3) is 0.769. The normalized spacial score (nSPS) is 28.3. The lowest BCUT2D eigenvalue weighted by Crippen LogP contribution is -2.20. The van der Waals surface area contributed by atoms with Gasteiger partial charge in [-0.3, -0.25) is 0 Å². The number of fused-ring (bicyclic) bond motifs is 1. The van der Waals surface area contributed by atoms with E-state index in [9.17, 15) is 5.11 Å². The van der Waals surface area contributed by atoms with Gasteiger partial charge < -0.3 is 15.0 Å². The molecule has 2 N–H and O–H groups in total. The lowest BCUT2D eigenvalue weighted by molar-refractivity contribution is 0.206. The van der Waals surface area contributed by atoms with Crippen LogP contribution in [0.25, 0.3) is 0 Å². The zero-order valence-electron chi connectivity index (χ0n) is 10.2. The fourth-order valence-electron chi connectivity index (χ4n) is 3.09. The zero-order chi connectivity index (χ0) is 11.7. The van der Waals surface area contributed by atoms with Gasteiger partial charge >= 0.3 is 0 Å². The molecule has 17 heavy (non-hydrogen) atoms. The first-order valence-corrected chi connectivity index (χ1v) is 6.75. The van der Waals surface area contributed by atoms with Gasteiger partial charge in [-0.1, -0.05) is 0 Å². The van der Waals surface area contributed by atoms with Crippen molar-refractivity contribution in [3.05, 3.63) is 17.7 Å². The molecule has 0 aliphatic carbocycles. The summed E-state index contributed by atoms with van der Waals surface area (Å²) in [6, 6.07) is 0.265. The van der Waals surface area contributed by atoms with Crippen molar-refractivity contribution >= 4 is 0 Å². The highest BCUT2D eigenvalue weighted by Gasteiger charge is 2.22. The highest BCUT2D eigenvalue weighted by Crippen LogP contribution is 2.25. The van der Waals surface area contributed by atoms with Gasteiger partial charge in [0.15, 0.2) is 0 Å². The minimum atomic E-state index is 0.244. The molecule has 2 aliphatic heterocycles. The number of hydrogen-bond acceptors (Lipinski definition) is 3. The molecule has 3 rings (SSSR count).